The van der Waals surface area contributed by atoms with Gasteiger partial charge in [-0.2, -0.15) is 0 Å². The molecule has 0 unspecified atom stereocenters. The zero-order chi connectivity index (χ0) is 22.4. The molecule has 31 heavy (non-hydrogen) atoms. The Bertz CT molecular complexity index is 933. The predicted molar refractivity (Wildman–Crippen MR) is 127 cm³/mol. The minimum absolute atomic E-state index is 0.0149. The van der Waals surface area contributed by atoms with Crippen molar-refractivity contribution < 1.29 is 13.2 Å². The Hall–Kier alpha value is -1.74. The summed E-state index contributed by atoms with van der Waals surface area (Å²) in [7, 11) is 0.749. The van der Waals surface area contributed by atoms with Crippen molar-refractivity contribution in [2.75, 3.05) is 53.1 Å². The molecule has 0 radical (unpaired) electrons. The highest BCUT2D eigenvalue weighted by Gasteiger charge is 2.28. The maximum absolute atomic E-state index is 13.3. The minimum atomic E-state index is -3.27. The molecule has 0 N–H and O–H groups in total. The van der Waals surface area contributed by atoms with Crippen molar-refractivity contribution in [1.82, 2.24) is 14.7 Å². The van der Waals surface area contributed by atoms with Gasteiger partial charge in [-0.05, 0) is 69.1 Å². The van der Waals surface area contributed by atoms with Gasteiger partial charge in [0.1, 0.15) is 0 Å². The quantitative estimate of drug-likeness (QED) is 0.572. The number of likely N-dealkylation sites (N-methyl/N-ethyl adjacent to an activating group) is 1. The summed E-state index contributed by atoms with van der Waals surface area (Å²) in [6.07, 6.45) is 4.19. The fourth-order valence-corrected chi connectivity index (χ4v) is 5.27. The lowest BCUT2D eigenvalue weighted by atomic mass is 10.0. The monoisotopic (exact) mass is 463 g/mol. The summed E-state index contributed by atoms with van der Waals surface area (Å²) in [4.78, 5) is 21.6. The average Bonchev–Trinajstić information content (AvgIpc) is 3.26. The molecule has 2 heterocycles. The highest BCUT2D eigenvalue weighted by Crippen LogP contribution is 2.21. The van der Waals surface area contributed by atoms with E-state index in [0.717, 1.165) is 45.4 Å². The molecule has 1 aromatic carbocycles. The van der Waals surface area contributed by atoms with Crippen molar-refractivity contribution in [1.29, 1.82) is 0 Å². The van der Waals surface area contributed by atoms with Crippen LogP contribution in [0.25, 0.3) is 0 Å². The van der Waals surface area contributed by atoms with E-state index >= 15 is 0 Å². The molecule has 1 aromatic heterocycles. The Morgan fingerprint density at radius 3 is 2.32 bits per heavy atom. The second kappa shape index (κ2) is 10.7. The Balaban J connectivity index is 1.64. The van der Waals surface area contributed by atoms with Crippen LogP contribution in [0.2, 0.25) is 0 Å². The molecule has 2 aromatic rings. The minimum Gasteiger partial charge on any atom is -0.334 e. The molecular formula is C23H33N3O3S2. The van der Waals surface area contributed by atoms with Crippen LogP contribution in [-0.2, 0) is 16.3 Å². The first kappa shape index (κ1) is 23.9. The number of hydrogen-bond acceptors (Lipinski definition) is 6. The molecule has 8 heteroatoms. The second-order valence-corrected chi connectivity index (χ2v) is 11.5. The van der Waals surface area contributed by atoms with Gasteiger partial charge in [0.2, 0.25) is 0 Å². The van der Waals surface area contributed by atoms with Crippen LogP contribution >= 0.6 is 11.3 Å². The van der Waals surface area contributed by atoms with E-state index in [-0.39, 0.29) is 16.8 Å². The Kier molecular flexibility index (Phi) is 8.27. The number of sulfone groups is 1. The van der Waals surface area contributed by atoms with Crippen LogP contribution in [0.1, 0.15) is 28.1 Å². The van der Waals surface area contributed by atoms with E-state index in [9.17, 15) is 13.2 Å². The van der Waals surface area contributed by atoms with E-state index in [2.05, 4.69) is 27.3 Å². The van der Waals surface area contributed by atoms with Crippen LogP contribution in [0.3, 0.4) is 0 Å². The summed E-state index contributed by atoms with van der Waals surface area (Å²) >= 11 is 1.81. The van der Waals surface area contributed by atoms with E-state index in [0.29, 0.717) is 12.1 Å². The maximum Gasteiger partial charge on any atom is 0.254 e. The number of benzene rings is 1. The van der Waals surface area contributed by atoms with Crippen LogP contribution in [-0.4, -0.2) is 88.1 Å². The van der Waals surface area contributed by atoms with E-state index in [1.54, 1.807) is 12.1 Å². The molecule has 1 saturated heterocycles. The summed E-state index contributed by atoms with van der Waals surface area (Å²) in [5, 5.41) is 2.12. The fourth-order valence-electron chi connectivity index (χ4n) is 3.95. The summed E-state index contributed by atoms with van der Waals surface area (Å²) < 4.78 is 23.5. The lowest BCUT2D eigenvalue weighted by Crippen LogP contribution is -2.49. The van der Waals surface area contributed by atoms with Crippen LogP contribution in [0.5, 0.6) is 0 Å². The first-order chi connectivity index (χ1) is 14.7. The third-order valence-corrected chi connectivity index (χ3v) is 7.90. The summed E-state index contributed by atoms with van der Waals surface area (Å²) in [5.74, 6) is -0.0149. The van der Waals surface area contributed by atoms with E-state index in [4.69, 9.17) is 0 Å². The van der Waals surface area contributed by atoms with Crippen LogP contribution < -0.4 is 0 Å². The van der Waals surface area contributed by atoms with Crippen LogP contribution in [0, 0.1) is 0 Å². The first-order valence-electron chi connectivity index (χ1n) is 10.7. The number of amides is 1. The van der Waals surface area contributed by atoms with Gasteiger partial charge in [0.15, 0.2) is 9.84 Å². The van der Waals surface area contributed by atoms with Gasteiger partial charge in [-0.3, -0.25) is 4.79 Å². The highest BCUT2D eigenvalue weighted by atomic mass is 32.2. The number of hydrogen-bond donors (Lipinski definition) is 0. The molecule has 0 saturated carbocycles. The molecule has 0 bridgehead atoms. The predicted octanol–water partition coefficient (Wildman–Crippen LogP) is 2.86. The van der Waals surface area contributed by atoms with Crippen molar-refractivity contribution in [2.45, 2.75) is 30.2 Å². The van der Waals surface area contributed by atoms with Crippen molar-refractivity contribution in [2.24, 2.45) is 0 Å². The number of thiophene rings is 1. The fraction of sp³-hybridized carbons (Fsp3) is 0.522. The van der Waals surface area contributed by atoms with Crippen molar-refractivity contribution >= 4 is 27.1 Å². The van der Waals surface area contributed by atoms with E-state index in [1.165, 1.54) is 23.3 Å². The number of rotatable bonds is 9. The molecule has 1 aliphatic heterocycles. The molecular weight excluding hydrogens is 430 g/mol. The average molecular weight is 464 g/mol. The topological polar surface area (TPSA) is 60.9 Å². The molecule has 3 rings (SSSR count). The lowest BCUT2D eigenvalue weighted by molar-refractivity contribution is 0.0556. The molecule has 1 aliphatic rings. The molecule has 0 aliphatic carbocycles. The zero-order valence-corrected chi connectivity index (χ0v) is 20.3. The smallest absolute Gasteiger partial charge is 0.254 e. The standard InChI is InChI=1S/C23H33N3O3S2/c1-24(2)16-17-26(23(27)19-6-8-22(9-7-19)31(3,28)29)20-10-13-25(14-11-20)15-12-21-5-4-18-30-21/h4-9,18,20H,10-17H2,1-3H3. The first-order valence-corrected chi connectivity index (χ1v) is 13.5. The van der Waals surface area contributed by atoms with Gasteiger partial charge in [0.05, 0.1) is 4.90 Å². The summed E-state index contributed by atoms with van der Waals surface area (Å²) in [6, 6.07) is 10.8. The number of carbonyl (C=O) groups excluding carboxylic acids is 1. The van der Waals surface area contributed by atoms with Gasteiger partial charge in [-0.25, -0.2) is 8.42 Å². The Morgan fingerprint density at radius 2 is 1.77 bits per heavy atom. The second-order valence-electron chi connectivity index (χ2n) is 8.50. The van der Waals surface area contributed by atoms with Gasteiger partial charge < -0.3 is 14.7 Å². The van der Waals surface area contributed by atoms with Gasteiger partial charge >= 0.3 is 0 Å². The molecule has 1 amide bonds. The van der Waals surface area contributed by atoms with Crippen molar-refractivity contribution in [3.8, 4) is 0 Å². The molecule has 0 atom stereocenters. The van der Waals surface area contributed by atoms with Crippen LogP contribution in [0.4, 0.5) is 0 Å². The lowest BCUT2D eigenvalue weighted by Gasteiger charge is -2.39. The third kappa shape index (κ3) is 6.87. The van der Waals surface area contributed by atoms with Gasteiger partial charge in [-0.1, -0.05) is 6.07 Å². The van der Waals surface area contributed by atoms with Gasteiger partial charge in [0.25, 0.3) is 5.91 Å². The summed E-state index contributed by atoms with van der Waals surface area (Å²) in [6.45, 7) is 4.51. The third-order valence-electron chi connectivity index (χ3n) is 5.83. The highest BCUT2D eigenvalue weighted by molar-refractivity contribution is 7.90. The van der Waals surface area contributed by atoms with Crippen LogP contribution in [0.15, 0.2) is 46.7 Å². The molecule has 6 nitrogen and oxygen atoms in total. The van der Waals surface area contributed by atoms with Crippen molar-refractivity contribution in [3.63, 3.8) is 0 Å². The number of likely N-dealkylation sites (tertiary alicyclic amines) is 1. The maximum atomic E-state index is 13.3. The summed E-state index contributed by atoms with van der Waals surface area (Å²) in [5.41, 5.74) is 0.547. The van der Waals surface area contributed by atoms with Crippen molar-refractivity contribution in [3.05, 3.63) is 52.2 Å². The Labute approximate surface area is 190 Å². The van der Waals surface area contributed by atoms with Gasteiger partial charge in [0, 0.05) is 55.5 Å². The normalized spacial score (nSPS) is 16.0. The molecule has 170 valence electrons. The van der Waals surface area contributed by atoms with Gasteiger partial charge in [-0.15, -0.1) is 11.3 Å². The SMILES string of the molecule is CN(C)CCN(C(=O)c1ccc(S(C)(=O)=O)cc1)C1CCN(CCc2cccs2)CC1. The number of carbonyl (C=O) groups is 1. The largest absolute Gasteiger partial charge is 0.334 e. The molecule has 0 spiro atoms. The van der Waals surface area contributed by atoms with E-state index in [1.807, 2.05) is 30.3 Å². The molecule has 1 fully saturated rings. The Morgan fingerprint density at radius 1 is 1.10 bits per heavy atom. The zero-order valence-electron chi connectivity index (χ0n) is 18.7. The number of nitrogens with zero attached hydrogens (tertiary/aromatic N) is 3. The van der Waals surface area contributed by atoms with E-state index < -0.39 is 9.84 Å². The number of piperidine rings is 1.